The van der Waals surface area contributed by atoms with Gasteiger partial charge in [0.1, 0.15) is 6.07 Å². The minimum Gasteiger partial charge on any atom is -0.465 e. The van der Waals surface area contributed by atoms with Gasteiger partial charge in [-0.15, -0.1) is 0 Å². The molecule has 0 aliphatic heterocycles. The predicted molar refractivity (Wildman–Crippen MR) is 55.3 cm³/mol. The first-order valence-electron chi connectivity index (χ1n) is 4.69. The van der Waals surface area contributed by atoms with Gasteiger partial charge in [0.25, 0.3) is 6.43 Å². The lowest BCUT2D eigenvalue weighted by molar-refractivity contribution is 0.0598. The van der Waals surface area contributed by atoms with Gasteiger partial charge in [0.15, 0.2) is 0 Å². The van der Waals surface area contributed by atoms with Crippen LogP contribution in [0.5, 0.6) is 0 Å². The monoisotopic (exact) mass is 240 g/mol. The number of rotatable bonds is 3. The predicted octanol–water partition coefficient (Wildman–Crippen LogP) is 1.74. The summed E-state index contributed by atoms with van der Waals surface area (Å²) >= 11 is 0. The largest absolute Gasteiger partial charge is 0.465 e. The number of carbonyl (C=O) groups is 1. The second-order valence-corrected chi connectivity index (χ2v) is 3.17. The maximum Gasteiger partial charge on any atom is 0.339 e. The van der Waals surface area contributed by atoms with Crippen molar-refractivity contribution in [1.82, 2.24) is 0 Å². The second kappa shape index (κ2) is 5.37. The van der Waals surface area contributed by atoms with Crippen LogP contribution in [0.1, 0.15) is 33.5 Å². The fourth-order valence-electron chi connectivity index (χ4n) is 1.47. The van der Waals surface area contributed by atoms with Crippen LogP contribution < -0.4 is 5.73 Å². The summed E-state index contributed by atoms with van der Waals surface area (Å²) in [5, 5.41) is 8.88. The summed E-state index contributed by atoms with van der Waals surface area (Å²) in [6.07, 6.45) is -2.83. The van der Waals surface area contributed by atoms with Crippen LogP contribution in [0.4, 0.5) is 8.78 Å². The summed E-state index contributed by atoms with van der Waals surface area (Å²) in [6, 6.07) is 3.99. The van der Waals surface area contributed by atoms with Crippen LogP contribution in [-0.2, 0) is 11.3 Å². The van der Waals surface area contributed by atoms with Crippen molar-refractivity contribution < 1.29 is 18.3 Å². The van der Waals surface area contributed by atoms with E-state index in [9.17, 15) is 13.6 Å². The van der Waals surface area contributed by atoms with Crippen molar-refractivity contribution in [1.29, 1.82) is 5.26 Å². The Kier molecular flexibility index (Phi) is 4.12. The van der Waals surface area contributed by atoms with Gasteiger partial charge in [-0.1, -0.05) is 12.1 Å². The Morgan fingerprint density at radius 1 is 1.59 bits per heavy atom. The van der Waals surface area contributed by atoms with Crippen LogP contribution in [0.2, 0.25) is 0 Å². The average Bonchev–Trinajstić information content (AvgIpc) is 2.35. The normalized spacial score (nSPS) is 10.1. The fourth-order valence-corrected chi connectivity index (χ4v) is 1.47. The molecule has 0 bridgehead atoms. The van der Waals surface area contributed by atoms with Crippen molar-refractivity contribution in [2.24, 2.45) is 5.73 Å². The van der Waals surface area contributed by atoms with Crippen LogP contribution in [0.15, 0.2) is 12.1 Å². The van der Waals surface area contributed by atoms with E-state index in [1.54, 1.807) is 6.07 Å². The fraction of sp³-hybridized carbons (Fsp3) is 0.273. The molecule has 0 heterocycles. The topological polar surface area (TPSA) is 76.1 Å². The van der Waals surface area contributed by atoms with Gasteiger partial charge in [0, 0.05) is 12.1 Å². The molecule has 1 rings (SSSR count). The van der Waals surface area contributed by atoms with E-state index in [1.165, 1.54) is 6.07 Å². The quantitative estimate of drug-likeness (QED) is 0.816. The zero-order valence-corrected chi connectivity index (χ0v) is 9.04. The highest BCUT2D eigenvalue weighted by Gasteiger charge is 2.23. The summed E-state index contributed by atoms with van der Waals surface area (Å²) in [7, 11) is 1.11. The molecule has 0 unspecified atom stereocenters. The molecule has 0 saturated heterocycles. The molecule has 0 aromatic heterocycles. The number of alkyl halides is 2. The third-order valence-electron chi connectivity index (χ3n) is 2.28. The average molecular weight is 240 g/mol. The minimum absolute atomic E-state index is 0.0391. The SMILES string of the molecule is COC(=O)c1c(CN)ccc(C(F)F)c1C#N. The maximum absolute atomic E-state index is 12.7. The van der Waals surface area contributed by atoms with Crippen molar-refractivity contribution in [3.8, 4) is 6.07 Å². The molecule has 17 heavy (non-hydrogen) atoms. The number of nitrogens with zero attached hydrogens (tertiary/aromatic N) is 1. The van der Waals surface area contributed by atoms with Gasteiger partial charge in [-0.3, -0.25) is 0 Å². The van der Waals surface area contributed by atoms with Crippen molar-refractivity contribution >= 4 is 5.97 Å². The summed E-state index contributed by atoms with van der Waals surface area (Å²) in [5.74, 6) is -0.843. The summed E-state index contributed by atoms with van der Waals surface area (Å²) < 4.78 is 29.8. The molecule has 0 atom stereocenters. The lowest BCUT2D eigenvalue weighted by atomic mass is 9.96. The minimum atomic E-state index is -2.83. The van der Waals surface area contributed by atoms with Crippen LogP contribution in [0.3, 0.4) is 0 Å². The van der Waals surface area contributed by atoms with Crippen molar-refractivity contribution in [3.63, 3.8) is 0 Å². The number of hydrogen-bond acceptors (Lipinski definition) is 4. The Bertz CT molecular complexity index is 481. The number of esters is 1. The molecule has 2 N–H and O–H groups in total. The van der Waals surface area contributed by atoms with Gasteiger partial charge in [0.05, 0.1) is 18.2 Å². The molecule has 0 spiro atoms. The number of nitrogens with two attached hydrogens (primary N) is 1. The molecule has 0 fully saturated rings. The molecule has 6 heteroatoms. The smallest absolute Gasteiger partial charge is 0.339 e. The Hall–Kier alpha value is -2.00. The summed E-state index contributed by atoms with van der Waals surface area (Å²) in [6.45, 7) is -0.0391. The zero-order valence-electron chi connectivity index (χ0n) is 9.04. The van der Waals surface area contributed by atoms with Gasteiger partial charge in [-0.2, -0.15) is 5.26 Å². The van der Waals surface area contributed by atoms with Crippen LogP contribution in [-0.4, -0.2) is 13.1 Å². The van der Waals surface area contributed by atoms with Crippen LogP contribution >= 0.6 is 0 Å². The molecule has 1 aromatic carbocycles. The van der Waals surface area contributed by atoms with Gasteiger partial charge < -0.3 is 10.5 Å². The molecular formula is C11H10F2N2O2. The van der Waals surface area contributed by atoms with E-state index in [1.807, 2.05) is 0 Å². The number of hydrogen-bond donors (Lipinski definition) is 1. The van der Waals surface area contributed by atoms with E-state index < -0.39 is 18.0 Å². The van der Waals surface area contributed by atoms with Crippen LogP contribution in [0, 0.1) is 11.3 Å². The van der Waals surface area contributed by atoms with Gasteiger partial charge in [0.2, 0.25) is 0 Å². The number of ether oxygens (including phenoxy) is 1. The van der Waals surface area contributed by atoms with E-state index in [0.717, 1.165) is 13.2 Å². The maximum atomic E-state index is 12.7. The lowest BCUT2D eigenvalue weighted by Gasteiger charge is -2.11. The molecule has 0 saturated carbocycles. The highest BCUT2D eigenvalue weighted by atomic mass is 19.3. The second-order valence-electron chi connectivity index (χ2n) is 3.17. The zero-order chi connectivity index (χ0) is 13.0. The Labute approximate surface area is 96.6 Å². The summed E-state index contributed by atoms with van der Waals surface area (Å²) in [5.41, 5.74) is 4.63. The molecule has 0 radical (unpaired) electrons. The van der Waals surface area contributed by atoms with Crippen molar-refractivity contribution in [2.75, 3.05) is 7.11 Å². The molecule has 90 valence electrons. The molecular weight excluding hydrogens is 230 g/mol. The van der Waals surface area contributed by atoms with Gasteiger partial charge in [-0.25, -0.2) is 13.6 Å². The van der Waals surface area contributed by atoms with Crippen LogP contribution in [0.25, 0.3) is 0 Å². The Balaban J connectivity index is 3.56. The molecule has 1 aromatic rings. The summed E-state index contributed by atoms with van der Waals surface area (Å²) in [4.78, 5) is 11.5. The number of methoxy groups -OCH3 is 1. The van der Waals surface area contributed by atoms with Gasteiger partial charge >= 0.3 is 5.97 Å². The number of nitriles is 1. The molecule has 0 amide bonds. The number of benzene rings is 1. The van der Waals surface area contributed by atoms with E-state index in [4.69, 9.17) is 11.0 Å². The highest BCUT2D eigenvalue weighted by Crippen LogP contribution is 2.27. The van der Waals surface area contributed by atoms with Crippen molar-refractivity contribution in [3.05, 3.63) is 34.4 Å². The molecule has 0 aliphatic rings. The highest BCUT2D eigenvalue weighted by molar-refractivity contribution is 5.94. The first-order chi connectivity index (χ1) is 8.06. The van der Waals surface area contributed by atoms with E-state index in [-0.39, 0.29) is 17.7 Å². The van der Waals surface area contributed by atoms with E-state index in [0.29, 0.717) is 5.56 Å². The first-order valence-corrected chi connectivity index (χ1v) is 4.69. The standard InChI is InChI=1S/C11H10F2N2O2/c1-17-11(16)9-6(4-14)2-3-7(10(12)13)8(9)5-15/h2-3,10H,4,14H2,1H3. The third kappa shape index (κ3) is 2.40. The molecule has 0 aliphatic carbocycles. The van der Waals surface area contributed by atoms with E-state index in [2.05, 4.69) is 4.74 Å². The number of halogens is 2. The van der Waals surface area contributed by atoms with Crippen molar-refractivity contribution in [2.45, 2.75) is 13.0 Å². The first kappa shape index (κ1) is 13.1. The Morgan fingerprint density at radius 3 is 2.65 bits per heavy atom. The molecule has 4 nitrogen and oxygen atoms in total. The van der Waals surface area contributed by atoms with Gasteiger partial charge in [-0.05, 0) is 5.56 Å². The Morgan fingerprint density at radius 2 is 2.24 bits per heavy atom. The lowest BCUT2D eigenvalue weighted by Crippen LogP contribution is -2.13. The van der Waals surface area contributed by atoms with E-state index >= 15 is 0 Å². The number of carbonyl (C=O) groups excluding carboxylic acids is 1. The third-order valence-corrected chi connectivity index (χ3v) is 2.28.